The first-order valence-electron chi connectivity index (χ1n) is 15.4. The average Bonchev–Trinajstić information content (AvgIpc) is 3.08. The van der Waals surface area contributed by atoms with Crippen molar-refractivity contribution in [3.8, 4) is 29.0 Å². The topological polar surface area (TPSA) is 194 Å². The molecule has 0 saturated carbocycles. The van der Waals surface area contributed by atoms with E-state index < -0.39 is 33.7 Å². The molecule has 2 heterocycles. The van der Waals surface area contributed by atoms with Crippen LogP contribution in [0, 0.1) is 18.8 Å². The van der Waals surface area contributed by atoms with E-state index in [1.54, 1.807) is 48.2 Å². The van der Waals surface area contributed by atoms with Crippen LogP contribution >= 0.6 is 0 Å². The lowest BCUT2D eigenvalue weighted by Gasteiger charge is -2.26. The fraction of sp³-hybridized carbons (Fsp3) is 0.265. The molecule has 1 aromatic heterocycles. The van der Waals surface area contributed by atoms with Crippen LogP contribution < -0.4 is 20.3 Å². The number of nitrogens with one attached hydrogen (secondary N) is 2. The normalized spacial score (nSPS) is 12.6. The number of aromatic nitrogens is 4. The quantitative estimate of drug-likeness (QED) is 0.106. The van der Waals surface area contributed by atoms with Crippen LogP contribution in [0.15, 0.2) is 72.8 Å². The van der Waals surface area contributed by atoms with Crippen molar-refractivity contribution in [1.82, 2.24) is 31.0 Å². The molecule has 0 saturated heterocycles. The number of benzene rings is 3. The lowest BCUT2D eigenvalue weighted by molar-refractivity contribution is -0.125. The van der Waals surface area contributed by atoms with E-state index in [-0.39, 0.29) is 38.4 Å². The predicted octanol–water partition coefficient (Wildman–Crippen LogP) is 2.23. The van der Waals surface area contributed by atoms with Crippen LogP contribution in [0.2, 0.25) is 0 Å². The largest absolute Gasteiger partial charge is 0.494 e. The third-order valence-corrected chi connectivity index (χ3v) is 8.56. The fourth-order valence-corrected chi connectivity index (χ4v) is 5.52. The summed E-state index contributed by atoms with van der Waals surface area (Å²) in [6.45, 7) is 1.51. The molecule has 0 bridgehead atoms. The van der Waals surface area contributed by atoms with Crippen LogP contribution in [0.5, 0.6) is 5.75 Å². The molecule has 252 valence electrons. The standard InChI is InChI=1S/C34H33N7O7S/c1-23-37-39-33(40-38-23)26-13-15-28(16-14-26)48-20-6-19-35-34(44)30(49(45,46)47)21-36-31(42)17-18-32(43)41-22-27-9-3-2-7-24(27)11-12-25-8-4-5-10-29(25)41/h2-5,7-10,13-16,30H,6,17-22H2,1H3,(H,35,44)(H,36,42)(H,45,46,47). The van der Waals surface area contributed by atoms with Crippen molar-refractivity contribution in [3.05, 3.63) is 95.3 Å². The van der Waals surface area contributed by atoms with E-state index in [9.17, 15) is 27.4 Å². The van der Waals surface area contributed by atoms with Crippen LogP contribution in [-0.4, -0.2) is 76.0 Å². The van der Waals surface area contributed by atoms with Crippen LogP contribution in [0.3, 0.4) is 0 Å². The molecule has 14 nitrogen and oxygen atoms in total. The highest BCUT2D eigenvalue weighted by atomic mass is 32.2. The Labute approximate surface area is 283 Å². The van der Waals surface area contributed by atoms with Crippen molar-refractivity contribution >= 4 is 33.5 Å². The zero-order chi connectivity index (χ0) is 34.8. The maximum atomic E-state index is 13.4. The molecule has 1 unspecified atom stereocenters. The van der Waals surface area contributed by atoms with Gasteiger partial charge in [0.1, 0.15) is 5.75 Å². The summed E-state index contributed by atoms with van der Waals surface area (Å²) in [6.07, 6.45) is -0.130. The number of anilines is 1. The molecule has 0 aliphatic carbocycles. The highest BCUT2D eigenvalue weighted by Crippen LogP contribution is 2.26. The van der Waals surface area contributed by atoms with Gasteiger partial charge in [-0.1, -0.05) is 42.2 Å². The molecule has 1 aliphatic rings. The molecule has 0 spiro atoms. The molecule has 1 atom stereocenters. The van der Waals surface area contributed by atoms with Crippen molar-refractivity contribution in [2.45, 2.75) is 38.0 Å². The summed E-state index contributed by atoms with van der Waals surface area (Å²) in [4.78, 5) is 40.2. The van der Waals surface area contributed by atoms with Gasteiger partial charge in [0.2, 0.25) is 23.5 Å². The van der Waals surface area contributed by atoms with Crippen LogP contribution in [-0.2, 0) is 31.0 Å². The molecule has 0 radical (unpaired) electrons. The molecular formula is C34H33N7O7S. The second kappa shape index (κ2) is 15.9. The van der Waals surface area contributed by atoms with Gasteiger partial charge in [-0.05, 0) is 61.4 Å². The molecule has 3 aromatic carbocycles. The van der Waals surface area contributed by atoms with E-state index in [2.05, 4.69) is 42.9 Å². The summed E-state index contributed by atoms with van der Waals surface area (Å²) < 4.78 is 39.3. The molecule has 3 amide bonds. The Hall–Kier alpha value is -5.72. The smallest absolute Gasteiger partial charge is 0.278 e. The molecule has 3 N–H and O–H groups in total. The zero-order valence-corrected chi connectivity index (χ0v) is 27.3. The minimum Gasteiger partial charge on any atom is -0.494 e. The number of aryl methyl sites for hydroxylation is 1. The van der Waals surface area contributed by atoms with E-state index in [0.29, 0.717) is 40.6 Å². The Morgan fingerprint density at radius 3 is 2.31 bits per heavy atom. The second-order valence-electron chi connectivity index (χ2n) is 11.0. The van der Waals surface area contributed by atoms with Gasteiger partial charge in [0.25, 0.3) is 10.1 Å². The van der Waals surface area contributed by atoms with Crippen LogP contribution in [0.1, 0.15) is 41.8 Å². The molecule has 1 aliphatic heterocycles. The van der Waals surface area contributed by atoms with E-state index in [1.807, 2.05) is 36.4 Å². The predicted molar refractivity (Wildman–Crippen MR) is 179 cm³/mol. The molecule has 15 heteroatoms. The summed E-state index contributed by atoms with van der Waals surface area (Å²) in [7, 11) is -4.86. The first-order chi connectivity index (χ1) is 23.6. The van der Waals surface area contributed by atoms with Gasteiger partial charge in [-0.3, -0.25) is 18.9 Å². The number of ether oxygens (including phenoxy) is 1. The zero-order valence-electron chi connectivity index (χ0n) is 26.5. The number of para-hydroxylation sites is 1. The van der Waals surface area contributed by atoms with Gasteiger partial charge in [0.05, 0.1) is 18.8 Å². The maximum absolute atomic E-state index is 13.4. The minimum absolute atomic E-state index is 0.0464. The number of carbonyl (C=O) groups excluding carboxylic acids is 3. The third kappa shape index (κ3) is 9.43. The van der Waals surface area contributed by atoms with Gasteiger partial charge >= 0.3 is 0 Å². The number of amides is 3. The molecule has 4 aromatic rings. The Morgan fingerprint density at radius 1 is 0.898 bits per heavy atom. The van der Waals surface area contributed by atoms with Crippen molar-refractivity contribution in [1.29, 1.82) is 0 Å². The number of carbonyl (C=O) groups is 3. The van der Waals surface area contributed by atoms with Crippen molar-refractivity contribution in [3.63, 3.8) is 0 Å². The summed E-state index contributed by atoms with van der Waals surface area (Å²) >= 11 is 0. The number of hydrogen-bond donors (Lipinski definition) is 3. The number of hydrogen-bond acceptors (Lipinski definition) is 10. The van der Waals surface area contributed by atoms with Crippen LogP contribution in [0.4, 0.5) is 5.69 Å². The molecule has 0 fully saturated rings. The highest BCUT2D eigenvalue weighted by molar-refractivity contribution is 7.87. The summed E-state index contributed by atoms with van der Waals surface area (Å²) in [6, 6.07) is 21.6. The third-order valence-electron chi connectivity index (χ3n) is 7.46. The monoisotopic (exact) mass is 683 g/mol. The Bertz CT molecular complexity index is 1990. The Kier molecular flexibility index (Phi) is 11.2. The van der Waals surface area contributed by atoms with Crippen molar-refractivity contribution in [2.75, 3.05) is 24.6 Å². The molecule has 5 rings (SSSR count). The van der Waals surface area contributed by atoms with Gasteiger partial charge < -0.3 is 20.3 Å². The first-order valence-corrected chi connectivity index (χ1v) is 16.9. The Morgan fingerprint density at radius 2 is 1.57 bits per heavy atom. The highest BCUT2D eigenvalue weighted by Gasteiger charge is 2.31. The summed E-state index contributed by atoms with van der Waals surface area (Å²) in [5.74, 6) is 5.66. The van der Waals surface area contributed by atoms with E-state index in [1.165, 1.54) is 0 Å². The second-order valence-corrected chi connectivity index (χ2v) is 12.6. The number of fused-ring (bicyclic) bond motifs is 2. The van der Waals surface area contributed by atoms with Crippen LogP contribution in [0.25, 0.3) is 11.4 Å². The maximum Gasteiger partial charge on any atom is 0.278 e. The SMILES string of the molecule is Cc1nnc(-c2ccc(OCCCNC(=O)C(CNC(=O)CCC(=O)N3Cc4ccccc4C#Cc4ccccc43)S(=O)(=O)O)cc2)nn1. The van der Waals surface area contributed by atoms with Gasteiger partial charge in [0, 0.05) is 42.6 Å². The lowest BCUT2D eigenvalue weighted by Crippen LogP contribution is -2.47. The van der Waals surface area contributed by atoms with Gasteiger partial charge in [0.15, 0.2) is 11.1 Å². The van der Waals surface area contributed by atoms with Gasteiger partial charge in [-0.2, -0.15) is 8.42 Å². The van der Waals surface area contributed by atoms with Gasteiger partial charge in [-0.15, -0.1) is 20.4 Å². The fourth-order valence-electron chi connectivity index (χ4n) is 4.87. The number of nitrogens with zero attached hydrogens (tertiary/aromatic N) is 5. The van der Waals surface area contributed by atoms with E-state index in [4.69, 9.17) is 4.74 Å². The van der Waals surface area contributed by atoms with Crippen molar-refractivity contribution < 1.29 is 32.1 Å². The summed E-state index contributed by atoms with van der Waals surface area (Å²) in [5.41, 5.74) is 3.64. The Balaban J connectivity index is 1.07. The summed E-state index contributed by atoms with van der Waals surface area (Å²) in [5, 5.41) is 18.6. The van der Waals surface area contributed by atoms with Crippen molar-refractivity contribution in [2.24, 2.45) is 0 Å². The molecule has 49 heavy (non-hydrogen) atoms. The molecular weight excluding hydrogens is 650 g/mol. The van der Waals surface area contributed by atoms with E-state index in [0.717, 1.165) is 11.1 Å². The minimum atomic E-state index is -4.86. The van der Waals surface area contributed by atoms with E-state index >= 15 is 0 Å². The average molecular weight is 684 g/mol. The lowest BCUT2D eigenvalue weighted by atomic mass is 10.0. The number of rotatable bonds is 13. The van der Waals surface area contributed by atoms with Gasteiger partial charge in [-0.25, -0.2) is 0 Å². The first kappa shape index (κ1) is 34.6.